The van der Waals surface area contributed by atoms with Crippen molar-refractivity contribution in [2.75, 3.05) is 14.1 Å². The second-order valence-corrected chi connectivity index (χ2v) is 6.49. The summed E-state index contributed by atoms with van der Waals surface area (Å²) in [6.45, 7) is 4.16. The minimum absolute atomic E-state index is 0.000106. The van der Waals surface area contributed by atoms with E-state index < -0.39 is 0 Å². The van der Waals surface area contributed by atoms with Crippen molar-refractivity contribution in [3.63, 3.8) is 0 Å². The van der Waals surface area contributed by atoms with Crippen LogP contribution in [0.25, 0.3) is 11.8 Å². The number of hydrogen-bond donors (Lipinski definition) is 0. The average Bonchev–Trinajstić information content (AvgIpc) is 2.99. The van der Waals surface area contributed by atoms with Gasteiger partial charge in [-0.2, -0.15) is 0 Å². The third-order valence-corrected chi connectivity index (χ3v) is 5.12. The summed E-state index contributed by atoms with van der Waals surface area (Å²) >= 11 is 1.42. The summed E-state index contributed by atoms with van der Waals surface area (Å²) in [6, 6.07) is 12.4. The molecular formula is C18H19N3OS. The molecule has 1 aliphatic rings. The molecule has 0 spiro atoms. The monoisotopic (exact) mass is 325 g/mol. The Morgan fingerprint density at radius 2 is 1.87 bits per heavy atom. The molecule has 0 bridgehead atoms. The lowest BCUT2D eigenvalue weighted by Gasteiger charge is -2.09. The van der Waals surface area contributed by atoms with Gasteiger partial charge in [0.05, 0.1) is 4.91 Å². The number of nitrogens with zero attached hydrogens (tertiary/aromatic N) is 3. The molecule has 5 heteroatoms. The van der Waals surface area contributed by atoms with Gasteiger partial charge >= 0.3 is 0 Å². The summed E-state index contributed by atoms with van der Waals surface area (Å²) in [5.74, 6) is 0.000106. The number of para-hydroxylation sites is 1. The number of carbonyl (C=O) groups is 1. The number of thioether (sulfide) groups is 1. The lowest BCUT2D eigenvalue weighted by molar-refractivity contribution is -0.121. The molecule has 4 nitrogen and oxygen atoms in total. The molecule has 0 radical (unpaired) electrons. The molecule has 1 aromatic carbocycles. The summed E-state index contributed by atoms with van der Waals surface area (Å²) in [6.07, 6.45) is 1.96. The second-order valence-electron chi connectivity index (χ2n) is 5.48. The molecule has 23 heavy (non-hydrogen) atoms. The molecule has 2 heterocycles. The molecule has 1 aliphatic heterocycles. The Hall–Kier alpha value is -2.27. The number of rotatable bonds is 2. The van der Waals surface area contributed by atoms with E-state index in [0.717, 1.165) is 27.8 Å². The molecular weight excluding hydrogens is 306 g/mol. The number of amidine groups is 1. The minimum atomic E-state index is 0.000106. The first-order valence-electron chi connectivity index (χ1n) is 7.41. The van der Waals surface area contributed by atoms with E-state index in [1.54, 1.807) is 19.0 Å². The number of carbonyl (C=O) groups excluding carboxylic acids is 1. The Labute approximate surface area is 140 Å². The van der Waals surface area contributed by atoms with Crippen LogP contribution in [0.3, 0.4) is 0 Å². The van der Waals surface area contributed by atoms with Gasteiger partial charge in [-0.1, -0.05) is 18.2 Å². The van der Waals surface area contributed by atoms with E-state index in [1.165, 1.54) is 11.8 Å². The maximum atomic E-state index is 12.3. The lowest BCUT2D eigenvalue weighted by atomic mass is 10.2. The second kappa shape index (κ2) is 6.08. The molecule has 3 rings (SSSR count). The van der Waals surface area contributed by atoms with Crippen molar-refractivity contribution in [3.8, 4) is 5.69 Å². The number of benzene rings is 1. The van der Waals surface area contributed by atoms with E-state index in [2.05, 4.69) is 41.6 Å². The van der Waals surface area contributed by atoms with Crippen LogP contribution in [0.5, 0.6) is 0 Å². The van der Waals surface area contributed by atoms with Gasteiger partial charge in [0, 0.05) is 31.2 Å². The minimum Gasteiger partial charge on any atom is -0.318 e. The molecule has 1 saturated heterocycles. The van der Waals surface area contributed by atoms with Crippen LogP contribution in [0.1, 0.15) is 17.0 Å². The quantitative estimate of drug-likeness (QED) is 0.791. The fourth-order valence-electron chi connectivity index (χ4n) is 2.80. The summed E-state index contributed by atoms with van der Waals surface area (Å²) in [5.41, 5.74) is 4.46. The fourth-order valence-corrected chi connectivity index (χ4v) is 3.72. The fraction of sp³-hybridized carbons (Fsp3) is 0.222. The Morgan fingerprint density at radius 3 is 2.48 bits per heavy atom. The van der Waals surface area contributed by atoms with Crippen molar-refractivity contribution in [2.45, 2.75) is 13.8 Å². The van der Waals surface area contributed by atoms with Crippen molar-refractivity contribution in [1.82, 2.24) is 9.47 Å². The maximum absolute atomic E-state index is 12.3. The van der Waals surface area contributed by atoms with Crippen LogP contribution in [0.2, 0.25) is 0 Å². The predicted molar refractivity (Wildman–Crippen MR) is 96.9 cm³/mol. The van der Waals surface area contributed by atoms with Crippen molar-refractivity contribution in [3.05, 3.63) is 58.3 Å². The van der Waals surface area contributed by atoms with E-state index in [4.69, 9.17) is 0 Å². The van der Waals surface area contributed by atoms with Crippen LogP contribution < -0.4 is 0 Å². The van der Waals surface area contributed by atoms with Crippen LogP contribution in [-0.2, 0) is 4.79 Å². The van der Waals surface area contributed by atoms with Crippen LogP contribution in [0.15, 0.2) is 46.3 Å². The number of aromatic nitrogens is 1. The highest BCUT2D eigenvalue weighted by molar-refractivity contribution is 8.18. The van der Waals surface area contributed by atoms with E-state index >= 15 is 0 Å². The molecule has 1 amide bonds. The van der Waals surface area contributed by atoms with Crippen molar-refractivity contribution in [2.24, 2.45) is 4.99 Å². The summed E-state index contributed by atoms with van der Waals surface area (Å²) in [7, 11) is 3.46. The summed E-state index contributed by atoms with van der Waals surface area (Å²) in [4.78, 5) is 18.7. The van der Waals surface area contributed by atoms with Crippen molar-refractivity contribution in [1.29, 1.82) is 0 Å². The zero-order valence-electron chi connectivity index (χ0n) is 13.7. The Balaban J connectivity index is 2.03. The van der Waals surface area contributed by atoms with Gasteiger partial charge in [0.1, 0.15) is 0 Å². The molecule has 1 fully saturated rings. The van der Waals surface area contributed by atoms with Gasteiger partial charge in [-0.25, -0.2) is 0 Å². The number of hydrogen-bond acceptors (Lipinski definition) is 3. The Kier molecular flexibility index (Phi) is 4.13. The third kappa shape index (κ3) is 2.72. The van der Waals surface area contributed by atoms with E-state index in [1.807, 2.05) is 24.3 Å². The van der Waals surface area contributed by atoms with E-state index in [0.29, 0.717) is 4.91 Å². The largest absolute Gasteiger partial charge is 0.318 e. The topological polar surface area (TPSA) is 37.6 Å². The number of aliphatic imine (C=N–C) groups is 1. The highest BCUT2D eigenvalue weighted by Crippen LogP contribution is 2.32. The van der Waals surface area contributed by atoms with Crippen LogP contribution in [-0.4, -0.2) is 34.6 Å². The highest BCUT2D eigenvalue weighted by Gasteiger charge is 2.30. The molecule has 0 aliphatic carbocycles. The summed E-state index contributed by atoms with van der Waals surface area (Å²) < 4.78 is 2.20. The van der Waals surface area contributed by atoms with Gasteiger partial charge in [-0.05, 0) is 55.4 Å². The van der Waals surface area contributed by atoms with Crippen LogP contribution >= 0.6 is 11.8 Å². The van der Waals surface area contributed by atoms with Gasteiger partial charge in [0.15, 0.2) is 5.17 Å². The zero-order chi connectivity index (χ0) is 16.6. The Bertz CT molecular complexity index is 818. The van der Waals surface area contributed by atoms with E-state index in [9.17, 15) is 4.79 Å². The summed E-state index contributed by atoms with van der Waals surface area (Å²) in [5, 5.41) is 0.734. The molecule has 0 N–H and O–H groups in total. The first-order valence-corrected chi connectivity index (χ1v) is 8.23. The van der Waals surface area contributed by atoms with Gasteiger partial charge in [-0.3, -0.25) is 14.7 Å². The highest BCUT2D eigenvalue weighted by atomic mass is 32.2. The van der Waals surface area contributed by atoms with Gasteiger partial charge < -0.3 is 4.57 Å². The maximum Gasteiger partial charge on any atom is 0.266 e. The molecule has 118 valence electrons. The van der Waals surface area contributed by atoms with Crippen molar-refractivity contribution >= 4 is 28.9 Å². The zero-order valence-corrected chi connectivity index (χ0v) is 14.5. The average molecular weight is 325 g/mol. The normalized spacial score (nSPS) is 18.4. The SMILES string of the molecule is CN=C1S/C(=C/c2cc(C)n(-c3ccccc3)c2C)C(=O)N1C. The number of amides is 1. The predicted octanol–water partition coefficient (Wildman–Crippen LogP) is 3.63. The smallest absolute Gasteiger partial charge is 0.266 e. The Morgan fingerprint density at radius 1 is 1.17 bits per heavy atom. The molecule has 0 unspecified atom stereocenters. The van der Waals surface area contributed by atoms with Gasteiger partial charge in [0.2, 0.25) is 0 Å². The van der Waals surface area contributed by atoms with Crippen LogP contribution in [0, 0.1) is 13.8 Å². The number of likely N-dealkylation sites (N-methyl/N-ethyl adjacent to an activating group) is 1. The standard InChI is InChI=1S/C18H19N3OS/c1-12-10-14(11-16-17(22)20(4)18(19-3)23-16)13(2)21(12)15-8-6-5-7-9-15/h5-11H,1-4H3/b16-11+,19-18?. The first-order chi connectivity index (χ1) is 11.0. The van der Waals surface area contributed by atoms with Crippen molar-refractivity contribution < 1.29 is 4.79 Å². The van der Waals surface area contributed by atoms with E-state index in [-0.39, 0.29) is 5.91 Å². The number of aryl methyl sites for hydroxylation is 1. The third-order valence-electron chi connectivity index (χ3n) is 3.97. The molecule has 0 atom stereocenters. The van der Waals surface area contributed by atoms with Gasteiger partial charge in [0.25, 0.3) is 5.91 Å². The molecule has 2 aromatic rings. The van der Waals surface area contributed by atoms with Gasteiger partial charge in [-0.15, -0.1) is 0 Å². The lowest BCUT2D eigenvalue weighted by Crippen LogP contribution is -2.23. The molecule has 1 aromatic heterocycles. The molecule has 0 saturated carbocycles. The van der Waals surface area contributed by atoms with Crippen LogP contribution in [0.4, 0.5) is 0 Å². The first kappa shape index (κ1) is 15.6.